The van der Waals surface area contributed by atoms with Gasteiger partial charge in [-0.1, -0.05) is 24.3 Å². The van der Waals surface area contributed by atoms with Crippen LogP contribution in [0.15, 0.2) is 42.5 Å². The van der Waals surface area contributed by atoms with Gasteiger partial charge in [-0.15, -0.1) is 0 Å². The lowest BCUT2D eigenvalue weighted by Gasteiger charge is -2.16. The summed E-state index contributed by atoms with van der Waals surface area (Å²) in [5, 5.41) is 3.05. The molecule has 0 saturated carbocycles. The molecule has 3 nitrogen and oxygen atoms in total. The SMILES string of the molecule is CCOc1ccc([C@H](C)NC(=O)c2cccc(C)c2C)cc1. The molecule has 1 amide bonds. The molecule has 2 rings (SSSR count). The van der Waals surface area contributed by atoms with Gasteiger partial charge in [0.25, 0.3) is 5.91 Å². The second kappa shape index (κ2) is 7.12. The number of carbonyl (C=O) groups excluding carboxylic acids is 1. The first-order valence-electron chi connectivity index (χ1n) is 7.62. The lowest BCUT2D eigenvalue weighted by atomic mass is 10.0. The van der Waals surface area contributed by atoms with E-state index in [9.17, 15) is 4.79 Å². The van der Waals surface area contributed by atoms with Crippen LogP contribution in [0, 0.1) is 13.8 Å². The number of rotatable bonds is 5. The van der Waals surface area contributed by atoms with E-state index in [1.54, 1.807) is 0 Å². The number of hydrogen-bond acceptors (Lipinski definition) is 2. The van der Waals surface area contributed by atoms with Crippen molar-refractivity contribution in [3.63, 3.8) is 0 Å². The molecular weight excluding hydrogens is 274 g/mol. The minimum atomic E-state index is -0.0527. The average molecular weight is 297 g/mol. The van der Waals surface area contributed by atoms with Gasteiger partial charge in [-0.25, -0.2) is 0 Å². The number of benzene rings is 2. The molecule has 22 heavy (non-hydrogen) atoms. The molecule has 2 aromatic carbocycles. The fourth-order valence-electron chi connectivity index (χ4n) is 2.37. The minimum absolute atomic E-state index is 0.0393. The Morgan fingerprint density at radius 1 is 1.14 bits per heavy atom. The number of nitrogens with one attached hydrogen (secondary N) is 1. The maximum Gasteiger partial charge on any atom is 0.252 e. The van der Waals surface area contributed by atoms with Gasteiger partial charge in [-0.2, -0.15) is 0 Å². The lowest BCUT2D eigenvalue weighted by molar-refractivity contribution is 0.0939. The lowest BCUT2D eigenvalue weighted by Crippen LogP contribution is -2.27. The Balaban J connectivity index is 2.09. The van der Waals surface area contributed by atoms with Gasteiger partial charge in [0.05, 0.1) is 12.6 Å². The monoisotopic (exact) mass is 297 g/mol. The van der Waals surface area contributed by atoms with Crippen molar-refractivity contribution in [3.05, 3.63) is 64.7 Å². The quantitative estimate of drug-likeness (QED) is 0.898. The van der Waals surface area contributed by atoms with Gasteiger partial charge in [-0.3, -0.25) is 4.79 Å². The third-order valence-corrected chi connectivity index (χ3v) is 3.89. The molecule has 0 bridgehead atoms. The molecule has 116 valence electrons. The Bertz CT molecular complexity index is 647. The summed E-state index contributed by atoms with van der Waals surface area (Å²) in [6.45, 7) is 8.59. The van der Waals surface area contributed by atoms with Crippen LogP contribution >= 0.6 is 0 Å². The second-order valence-corrected chi connectivity index (χ2v) is 5.44. The summed E-state index contributed by atoms with van der Waals surface area (Å²) in [5.74, 6) is 0.807. The first-order chi connectivity index (χ1) is 10.5. The topological polar surface area (TPSA) is 38.3 Å². The number of hydrogen-bond donors (Lipinski definition) is 1. The van der Waals surface area contributed by atoms with Crippen molar-refractivity contribution in [2.24, 2.45) is 0 Å². The fraction of sp³-hybridized carbons (Fsp3) is 0.316. The van der Waals surface area contributed by atoms with Gasteiger partial charge in [0.2, 0.25) is 0 Å². The van der Waals surface area contributed by atoms with Crippen molar-refractivity contribution in [2.45, 2.75) is 33.7 Å². The Kier molecular flexibility index (Phi) is 5.21. The third kappa shape index (κ3) is 3.67. The average Bonchev–Trinajstić information content (AvgIpc) is 2.51. The standard InChI is InChI=1S/C19H23NO2/c1-5-22-17-11-9-16(10-12-17)15(4)20-19(21)18-8-6-7-13(2)14(18)3/h6-12,15H,5H2,1-4H3,(H,20,21)/t15-/m0/s1. The van der Waals surface area contributed by atoms with Crippen LogP contribution in [0.2, 0.25) is 0 Å². The molecule has 1 atom stereocenters. The molecule has 0 fully saturated rings. The summed E-state index contributed by atoms with van der Waals surface area (Å²) in [4.78, 5) is 12.4. The van der Waals surface area contributed by atoms with Gasteiger partial charge in [0.15, 0.2) is 0 Å². The van der Waals surface area contributed by atoms with E-state index < -0.39 is 0 Å². The molecule has 0 radical (unpaired) electrons. The van der Waals surface area contributed by atoms with E-state index in [-0.39, 0.29) is 11.9 Å². The van der Waals surface area contributed by atoms with Crippen LogP contribution in [0.1, 0.15) is 46.9 Å². The molecule has 0 aromatic heterocycles. The van der Waals surface area contributed by atoms with Gasteiger partial charge < -0.3 is 10.1 Å². The van der Waals surface area contributed by atoms with Crippen LogP contribution in [0.5, 0.6) is 5.75 Å². The second-order valence-electron chi connectivity index (χ2n) is 5.44. The highest BCUT2D eigenvalue weighted by molar-refractivity contribution is 5.96. The maximum absolute atomic E-state index is 12.4. The van der Waals surface area contributed by atoms with Crippen LogP contribution in [0.3, 0.4) is 0 Å². The molecule has 0 heterocycles. The number of carbonyl (C=O) groups is 1. The van der Waals surface area contributed by atoms with E-state index in [0.717, 1.165) is 28.0 Å². The smallest absolute Gasteiger partial charge is 0.252 e. The number of aryl methyl sites for hydroxylation is 1. The van der Waals surface area contributed by atoms with Crippen molar-refractivity contribution in [3.8, 4) is 5.75 Å². The van der Waals surface area contributed by atoms with Gasteiger partial charge in [0.1, 0.15) is 5.75 Å². The molecule has 0 unspecified atom stereocenters. The van der Waals surface area contributed by atoms with Crippen LogP contribution in [-0.2, 0) is 0 Å². The van der Waals surface area contributed by atoms with E-state index in [1.165, 1.54) is 0 Å². The largest absolute Gasteiger partial charge is 0.494 e. The first-order valence-corrected chi connectivity index (χ1v) is 7.62. The highest BCUT2D eigenvalue weighted by atomic mass is 16.5. The van der Waals surface area contributed by atoms with Crippen molar-refractivity contribution in [2.75, 3.05) is 6.61 Å². The maximum atomic E-state index is 12.4. The normalized spacial score (nSPS) is 11.8. The Labute approximate surface area is 132 Å². The van der Waals surface area contributed by atoms with Crippen molar-refractivity contribution in [1.29, 1.82) is 0 Å². The third-order valence-electron chi connectivity index (χ3n) is 3.89. The summed E-state index contributed by atoms with van der Waals surface area (Å²) in [6.07, 6.45) is 0. The zero-order valence-electron chi connectivity index (χ0n) is 13.6. The summed E-state index contributed by atoms with van der Waals surface area (Å²) < 4.78 is 5.43. The summed E-state index contributed by atoms with van der Waals surface area (Å²) in [6, 6.07) is 13.6. The van der Waals surface area contributed by atoms with Gasteiger partial charge >= 0.3 is 0 Å². The predicted octanol–water partition coefficient (Wildman–Crippen LogP) is 4.19. The van der Waals surface area contributed by atoms with Crippen LogP contribution in [0.25, 0.3) is 0 Å². The molecule has 0 aliphatic rings. The van der Waals surface area contributed by atoms with E-state index in [4.69, 9.17) is 4.74 Å². The summed E-state index contributed by atoms with van der Waals surface area (Å²) in [5.41, 5.74) is 3.94. The molecule has 3 heteroatoms. The highest BCUT2D eigenvalue weighted by Crippen LogP contribution is 2.19. The number of amides is 1. The molecule has 0 spiro atoms. The van der Waals surface area contributed by atoms with E-state index >= 15 is 0 Å². The molecule has 1 N–H and O–H groups in total. The van der Waals surface area contributed by atoms with Crippen LogP contribution in [0.4, 0.5) is 0 Å². The summed E-state index contributed by atoms with van der Waals surface area (Å²) >= 11 is 0. The van der Waals surface area contributed by atoms with Gasteiger partial charge in [-0.05, 0) is 62.6 Å². The minimum Gasteiger partial charge on any atom is -0.494 e. The van der Waals surface area contributed by atoms with Gasteiger partial charge in [0, 0.05) is 5.56 Å². The van der Waals surface area contributed by atoms with Crippen molar-refractivity contribution >= 4 is 5.91 Å². The van der Waals surface area contributed by atoms with Crippen molar-refractivity contribution in [1.82, 2.24) is 5.32 Å². The molecule has 0 aliphatic carbocycles. The van der Waals surface area contributed by atoms with E-state index in [1.807, 2.05) is 70.2 Å². The zero-order valence-corrected chi connectivity index (χ0v) is 13.6. The molecule has 0 aliphatic heterocycles. The fourth-order valence-corrected chi connectivity index (χ4v) is 2.37. The zero-order chi connectivity index (χ0) is 16.1. The molecular formula is C19H23NO2. The highest BCUT2D eigenvalue weighted by Gasteiger charge is 2.14. The number of ether oxygens (including phenoxy) is 1. The van der Waals surface area contributed by atoms with Crippen LogP contribution < -0.4 is 10.1 Å². The Morgan fingerprint density at radius 3 is 2.45 bits per heavy atom. The van der Waals surface area contributed by atoms with E-state index in [0.29, 0.717) is 6.61 Å². The molecule has 0 saturated heterocycles. The first kappa shape index (κ1) is 16.1. The molecule has 2 aromatic rings. The van der Waals surface area contributed by atoms with Crippen LogP contribution in [-0.4, -0.2) is 12.5 Å². The van der Waals surface area contributed by atoms with Crippen molar-refractivity contribution < 1.29 is 9.53 Å². The predicted molar refractivity (Wildman–Crippen MR) is 89.4 cm³/mol. The Hall–Kier alpha value is -2.29. The Morgan fingerprint density at radius 2 is 1.82 bits per heavy atom. The summed E-state index contributed by atoms with van der Waals surface area (Å²) in [7, 11) is 0. The van der Waals surface area contributed by atoms with E-state index in [2.05, 4.69) is 5.32 Å².